The lowest BCUT2D eigenvalue weighted by molar-refractivity contribution is -0.120. The summed E-state index contributed by atoms with van der Waals surface area (Å²) in [6.07, 6.45) is 4.33. The second-order valence-corrected chi connectivity index (χ2v) is 7.79. The number of aromatic nitrogens is 1. The number of thiazole rings is 1. The highest BCUT2D eigenvalue weighted by atomic mass is 32.1. The third-order valence-corrected chi connectivity index (χ3v) is 5.68. The van der Waals surface area contributed by atoms with Gasteiger partial charge in [-0.05, 0) is 56.7 Å². The van der Waals surface area contributed by atoms with E-state index in [0.29, 0.717) is 6.54 Å². The van der Waals surface area contributed by atoms with Crippen LogP contribution >= 0.6 is 11.3 Å². The van der Waals surface area contributed by atoms with Gasteiger partial charge in [-0.25, -0.2) is 4.98 Å². The van der Waals surface area contributed by atoms with Crippen molar-refractivity contribution in [1.82, 2.24) is 4.98 Å². The minimum atomic E-state index is 0.160. The molecule has 23 heavy (non-hydrogen) atoms. The summed E-state index contributed by atoms with van der Waals surface area (Å²) >= 11 is 1.63. The molecular formula is C18H22N2O2S. The average Bonchev–Trinajstić information content (AvgIpc) is 3.06. The van der Waals surface area contributed by atoms with Gasteiger partial charge in [0, 0.05) is 12.5 Å². The van der Waals surface area contributed by atoms with Crippen molar-refractivity contribution in [1.29, 1.82) is 0 Å². The molecular weight excluding hydrogens is 308 g/mol. The van der Waals surface area contributed by atoms with E-state index in [1.165, 1.54) is 15.8 Å². The Morgan fingerprint density at radius 1 is 1.35 bits per heavy atom. The van der Waals surface area contributed by atoms with Crippen LogP contribution in [-0.4, -0.2) is 30.1 Å². The van der Waals surface area contributed by atoms with Crippen molar-refractivity contribution in [2.45, 2.75) is 45.6 Å². The summed E-state index contributed by atoms with van der Waals surface area (Å²) in [7, 11) is 0. The summed E-state index contributed by atoms with van der Waals surface area (Å²) in [5.74, 6) is 0.431. The zero-order chi connectivity index (χ0) is 16.0. The third-order valence-electron chi connectivity index (χ3n) is 4.65. The van der Waals surface area contributed by atoms with E-state index >= 15 is 0 Å². The standard InChI is InChI=1S/C18H22N2O2S/c1-11-8-12(2)16-15(9-11)23-18(19-16)20(17(21)13-5-6-13)10-14-4-3-7-22-14/h8-9,13-14H,3-7,10H2,1-2H3. The van der Waals surface area contributed by atoms with Gasteiger partial charge in [-0.3, -0.25) is 9.69 Å². The highest BCUT2D eigenvalue weighted by Gasteiger charge is 2.36. The van der Waals surface area contributed by atoms with E-state index in [1.807, 2.05) is 4.90 Å². The van der Waals surface area contributed by atoms with Gasteiger partial charge in [0.1, 0.15) is 0 Å². The lowest BCUT2D eigenvalue weighted by Gasteiger charge is -2.23. The van der Waals surface area contributed by atoms with Gasteiger partial charge in [-0.15, -0.1) is 0 Å². The number of amides is 1. The molecule has 1 aliphatic heterocycles. The number of hydrogen-bond acceptors (Lipinski definition) is 4. The Morgan fingerprint density at radius 3 is 2.87 bits per heavy atom. The molecule has 4 nitrogen and oxygen atoms in total. The minimum absolute atomic E-state index is 0.160. The van der Waals surface area contributed by atoms with E-state index < -0.39 is 0 Å². The maximum atomic E-state index is 12.8. The molecule has 1 saturated carbocycles. The van der Waals surface area contributed by atoms with Crippen molar-refractivity contribution < 1.29 is 9.53 Å². The molecule has 5 heteroatoms. The lowest BCUT2D eigenvalue weighted by Crippen LogP contribution is -2.38. The molecule has 1 atom stereocenters. The zero-order valence-corrected chi connectivity index (χ0v) is 14.5. The van der Waals surface area contributed by atoms with Crippen LogP contribution in [0.2, 0.25) is 0 Å². The Hall–Kier alpha value is -1.46. The third kappa shape index (κ3) is 3.00. The summed E-state index contributed by atoms with van der Waals surface area (Å²) in [6, 6.07) is 4.31. The van der Waals surface area contributed by atoms with E-state index in [1.54, 1.807) is 11.3 Å². The first-order valence-corrected chi connectivity index (χ1v) is 9.24. The lowest BCUT2D eigenvalue weighted by atomic mass is 10.1. The summed E-state index contributed by atoms with van der Waals surface area (Å²) in [6.45, 7) is 5.65. The maximum absolute atomic E-state index is 12.8. The van der Waals surface area contributed by atoms with E-state index in [9.17, 15) is 4.79 Å². The van der Waals surface area contributed by atoms with Crippen LogP contribution in [-0.2, 0) is 9.53 Å². The van der Waals surface area contributed by atoms with Gasteiger partial charge < -0.3 is 4.74 Å². The Balaban J connectivity index is 1.69. The van der Waals surface area contributed by atoms with Gasteiger partial charge in [0.15, 0.2) is 5.13 Å². The summed E-state index contributed by atoms with van der Waals surface area (Å²) < 4.78 is 6.92. The first-order valence-electron chi connectivity index (χ1n) is 8.42. The number of carbonyl (C=O) groups excluding carboxylic acids is 1. The molecule has 2 aromatic rings. The van der Waals surface area contributed by atoms with Crippen molar-refractivity contribution in [3.8, 4) is 0 Å². The summed E-state index contributed by atoms with van der Waals surface area (Å²) in [5.41, 5.74) is 3.44. The molecule has 2 aliphatic rings. The highest BCUT2D eigenvalue weighted by molar-refractivity contribution is 7.22. The second kappa shape index (κ2) is 5.87. The number of hydrogen-bond donors (Lipinski definition) is 0. The first-order chi connectivity index (χ1) is 11.1. The van der Waals surface area contributed by atoms with Crippen LogP contribution in [0.25, 0.3) is 10.2 Å². The van der Waals surface area contributed by atoms with Crippen molar-refractivity contribution >= 4 is 32.6 Å². The molecule has 1 unspecified atom stereocenters. The number of rotatable bonds is 4. The van der Waals surface area contributed by atoms with Gasteiger partial charge in [0.2, 0.25) is 5.91 Å². The van der Waals surface area contributed by atoms with Gasteiger partial charge in [-0.1, -0.05) is 17.4 Å². The Bertz CT molecular complexity index is 745. The highest BCUT2D eigenvalue weighted by Crippen LogP contribution is 2.37. The molecule has 0 bridgehead atoms. The minimum Gasteiger partial charge on any atom is -0.376 e. The van der Waals surface area contributed by atoms with Crippen LogP contribution in [0.4, 0.5) is 5.13 Å². The molecule has 2 heterocycles. The van der Waals surface area contributed by atoms with E-state index in [4.69, 9.17) is 9.72 Å². The van der Waals surface area contributed by atoms with Crippen LogP contribution in [0, 0.1) is 19.8 Å². The molecule has 1 aromatic heterocycles. The Morgan fingerprint density at radius 2 is 2.17 bits per heavy atom. The average molecular weight is 330 g/mol. The predicted octanol–water partition coefficient (Wildman–Crippen LogP) is 3.84. The zero-order valence-electron chi connectivity index (χ0n) is 13.7. The molecule has 0 N–H and O–H groups in total. The molecule has 0 radical (unpaired) electrons. The molecule has 2 fully saturated rings. The van der Waals surface area contributed by atoms with Gasteiger partial charge in [-0.2, -0.15) is 0 Å². The van der Waals surface area contributed by atoms with Gasteiger partial charge in [0.25, 0.3) is 0 Å². The van der Waals surface area contributed by atoms with Gasteiger partial charge in [0.05, 0.1) is 22.9 Å². The maximum Gasteiger partial charge on any atom is 0.231 e. The van der Waals surface area contributed by atoms with Crippen molar-refractivity contribution in [2.75, 3.05) is 18.1 Å². The number of aryl methyl sites for hydroxylation is 2. The van der Waals surface area contributed by atoms with Crippen LogP contribution in [0.1, 0.15) is 36.8 Å². The number of nitrogens with zero attached hydrogens (tertiary/aromatic N) is 2. The Kier molecular flexibility index (Phi) is 3.85. The van der Waals surface area contributed by atoms with Crippen LogP contribution in [0.3, 0.4) is 0 Å². The van der Waals surface area contributed by atoms with Crippen LogP contribution in [0.15, 0.2) is 12.1 Å². The van der Waals surface area contributed by atoms with Crippen LogP contribution < -0.4 is 4.90 Å². The normalized spacial score (nSPS) is 21.0. The first kappa shape index (κ1) is 15.1. The molecule has 1 saturated heterocycles. The summed E-state index contributed by atoms with van der Waals surface area (Å²) in [5, 5.41) is 0.834. The monoisotopic (exact) mass is 330 g/mol. The number of anilines is 1. The molecule has 4 rings (SSSR count). The van der Waals surface area contributed by atoms with Crippen molar-refractivity contribution in [3.05, 3.63) is 23.3 Å². The fourth-order valence-electron chi connectivity index (χ4n) is 3.28. The Labute approximate surface area is 140 Å². The van der Waals surface area contributed by atoms with E-state index in [2.05, 4.69) is 26.0 Å². The smallest absolute Gasteiger partial charge is 0.231 e. The quantitative estimate of drug-likeness (QED) is 0.855. The fourth-order valence-corrected chi connectivity index (χ4v) is 4.44. The molecule has 0 spiro atoms. The van der Waals surface area contributed by atoms with E-state index in [-0.39, 0.29) is 17.9 Å². The predicted molar refractivity (Wildman–Crippen MR) is 93.1 cm³/mol. The topological polar surface area (TPSA) is 42.4 Å². The second-order valence-electron chi connectivity index (χ2n) is 6.78. The molecule has 1 amide bonds. The summed E-state index contributed by atoms with van der Waals surface area (Å²) in [4.78, 5) is 19.5. The molecule has 1 aromatic carbocycles. The fraction of sp³-hybridized carbons (Fsp3) is 0.556. The van der Waals surface area contributed by atoms with Gasteiger partial charge >= 0.3 is 0 Å². The number of benzene rings is 1. The number of ether oxygens (including phenoxy) is 1. The molecule has 1 aliphatic carbocycles. The van der Waals surface area contributed by atoms with Crippen LogP contribution in [0.5, 0.6) is 0 Å². The number of fused-ring (bicyclic) bond motifs is 1. The van der Waals surface area contributed by atoms with Crippen molar-refractivity contribution in [3.63, 3.8) is 0 Å². The number of carbonyl (C=O) groups is 1. The van der Waals surface area contributed by atoms with Crippen molar-refractivity contribution in [2.24, 2.45) is 5.92 Å². The largest absolute Gasteiger partial charge is 0.376 e. The molecule has 122 valence electrons. The SMILES string of the molecule is Cc1cc(C)c2nc(N(CC3CCCO3)C(=O)C3CC3)sc2c1. The van der Waals surface area contributed by atoms with E-state index in [0.717, 1.165) is 42.9 Å².